The van der Waals surface area contributed by atoms with Gasteiger partial charge in [-0.25, -0.2) is 4.79 Å². The van der Waals surface area contributed by atoms with Crippen molar-refractivity contribution in [3.8, 4) is 6.07 Å². The highest BCUT2D eigenvalue weighted by Crippen LogP contribution is 2.22. The fraction of sp³-hybridized carbons (Fsp3) is 0.211. The number of ether oxygens (including phenoxy) is 1. The number of benzene rings is 1. The largest absolute Gasteiger partial charge is 0.462 e. The van der Waals surface area contributed by atoms with Crippen molar-refractivity contribution in [3.63, 3.8) is 0 Å². The summed E-state index contributed by atoms with van der Waals surface area (Å²) in [6.45, 7) is 5.28. The number of hydrogen-bond acceptors (Lipinski definition) is 4. The second-order valence-corrected chi connectivity index (χ2v) is 5.84. The van der Waals surface area contributed by atoms with Gasteiger partial charge < -0.3 is 9.72 Å². The molecular formula is C19H17ClN2O3. The fourth-order valence-corrected chi connectivity index (χ4v) is 2.73. The average Bonchev–Trinajstić information content (AvgIpc) is 2.87. The van der Waals surface area contributed by atoms with E-state index in [1.807, 2.05) is 6.07 Å². The highest BCUT2D eigenvalue weighted by molar-refractivity contribution is 6.30. The Hall–Kier alpha value is -2.84. The van der Waals surface area contributed by atoms with Crippen LogP contribution in [0.15, 0.2) is 29.8 Å². The number of nitriles is 1. The van der Waals surface area contributed by atoms with Gasteiger partial charge in [-0.05, 0) is 50.1 Å². The number of nitrogens with zero attached hydrogens (tertiary/aromatic N) is 1. The molecule has 1 heterocycles. The number of halogens is 1. The van der Waals surface area contributed by atoms with E-state index in [1.54, 1.807) is 45.0 Å². The van der Waals surface area contributed by atoms with E-state index < -0.39 is 11.8 Å². The highest BCUT2D eigenvalue weighted by atomic mass is 35.5. The first-order valence-corrected chi connectivity index (χ1v) is 8.05. The molecule has 0 aliphatic carbocycles. The molecule has 2 aromatic rings. The number of hydrogen-bond donors (Lipinski definition) is 1. The van der Waals surface area contributed by atoms with Gasteiger partial charge in [-0.15, -0.1) is 0 Å². The lowest BCUT2D eigenvalue weighted by Crippen LogP contribution is -2.08. The van der Waals surface area contributed by atoms with Crippen LogP contribution < -0.4 is 0 Å². The van der Waals surface area contributed by atoms with Crippen LogP contribution in [-0.4, -0.2) is 23.3 Å². The zero-order valence-corrected chi connectivity index (χ0v) is 14.9. The normalized spacial score (nSPS) is 11.1. The van der Waals surface area contributed by atoms with Gasteiger partial charge in [0.2, 0.25) is 5.78 Å². The van der Waals surface area contributed by atoms with E-state index in [9.17, 15) is 14.9 Å². The maximum atomic E-state index is 12.7. The van der Waals surface area contributed by atoms with Gasteiger partial charge in [0, 0.05) is 10.7 Å². The number of ketones is 1. The number of aromatic amines is 1. The summed E-state index contributed by atoms with van der Waals surface area (Å²) in [5.74, 6) is -0.983. The minimum absolute atomic E-state index is 0.0537. The molecule has 0 saturated carbocycles. The fourth-order valence-electron chi connectivity index (χ4n) is 2.53. The number of Topliss-reactive ketones (excluding diaryl/α,β-unsaturated/α-hetero) is 1. The van der Waals surface area contributed by atoms with Crippen molar-refractivity contribution in [3.05, 3.63) is 62.9 Å². The van der Waals surface area contributed by atoms with Gasteiger partial charge in [0.15, 0.2) is 0 Å². The third kappa shape index (κ3) is 3.98. The van der Waals surface area contributed by atoms with Crippen LogP contribution in [0.3, 0.4) is 0 Å². The van der Waals surface area contributed by atoms with E-state index in [4.69, 9.17) is 16.3 Å². The van der Waals surface area contributed by atoms with Crippen LogP contribution in [0, 0.1) is 25.2 Å². The summed E-state index contributed by atoms with van der Waals surface area (Å²) in [6.07, 6.45) is 1.47. The molecule has 0 amide bonds. The summed E-state index contributed by atoms with van der Waals surface area (Å²) in [5, 5.41) is 9.88. The van der Waals surface area contributed by atoms with E-state index in [0.717, 1.165) is 0 Å². The molecule has 0 aliphatic rings. The highest BCUT2D eigenvalue weighted by Gasteiger charge is 2.24. The Morgan fingerprint density at radius 2 is 2.08 bits per heavy atom. The topological polar surface area (TPSA) is 83.0 Å². The zero-order chi connectivity index (χ0) is 18.6. The maximum absolute atomic E-state index is 12.7. The lowest BCUT2D eigenvalue weighted by atomic mass is 10.0. The lowest BCUT2D eigenvalue weighted by molar-refractivity contribution is 0.0525. The van der Waals surface area contributed by atoms with Crippen molar-refractivity contribution in [1.82, 2.24) is 4.98 Å². The molecule has 0 saturated heterocycles. The third-order valence-corrected chi connectivity index (χ3v) is 3.90. The maximum Gasteiger partial charge on any atom is 0.340 e. The Morgan fingerprint density at radius 3 is 2.68 bits per heavy atom. The minimum atomic E-state index is -0.495. The number of carbonyl (C=O) groups excluding carboxylic acids is 2. The third-order valence-electron chi connectivity index (χ3n) is 3.67. The van der Waals surface area contributed by atoms with Crippen molar-refractivity contribution in [1.29, 1.82) is 5.26 Å². The predicted octanol–water partition coefficient (Wildman–Crippen LogP) is 4.25. The van der Waals surface area contributed by atoms with E-state index in [1.165, 1.54) is 6.08 Å². The van der Waals surface area contributed by atoms with Crippen molar-refractivity contribution in [2.75, 3.05) is 6.61 Å². The Bertz CT molecular complexity index is 904. The number of H-pyrrole nitrogens is 1. The number of aromatic nitrogens is 1. The molecule has 25 heavy (non-hydrogen) atoms. The molecule has 1 aromatic carbocycles. The van der Waals surface area contributed by atoms with Gasteiger partial charge in [-0.1, -0.05) is 23.7 Å². The summed E-state index contributed by atoms with van der Waals surface area (Å²) in [4.78, 5) is 27.7. The Labute approximate surface area is 150 Å². The van der Waals surface area contributed by atoms with Crippen molar-refractivity contribution >= 4 is 29.4 Å². The number of aryl methyl sites for hydroxylation is 1. The Kier molecular flexibility index (Phi) is 5.79. The summed E-state index contributed by atoms with van der Waals surface area (Å²) >= 11 is 5.93. The van der Waals surface area contributed by atoms with Crippen LogP contribution in [0.2, 0.25) is 5.02 Å². The van der Waals surface area contributed by atoms with Crippen molar-refractivity contribution in [2.24, 2.45) is 0 Å². The molecule has 0 unspecified atom stereocenters. The summed E-state index contributed by atoms with van der Waals surface area (Å²) in [7, 11) is 0. The van der Waals surface area contributed by atoms with Crippen LogP contribution in [0.25, 0.3) is 6.08 Å². The van der Waals surface area contributed by atoms with Gasteiger partial charge in [0.1, 0.15) is 11.6 Å². The first-order valence-electron chi connectivity index (χ1n) is 7.67. The van der Waals surface area contributed by atoms with Gasteiger partial charge in [-0.2, -0.15) is 5.26 Å². The molecule has 1 aromatic heterocycles. The molecule has 0 fully saturated rings. The molecule has 0 spiro atoms. The van der Waals surface area contributed by atoms with Crippen LogP contribution in [0.1, 0.15) is 44.6 Å². The van der Waals surface area contributed by atoms with Gasteiger partial charge in [0.05, 0.1) is 17.9 Å². The zero-order valence-electron chi connectivity index (χ0n) is 14.1. The van der Waals surface area contributed by atoms with Gasteiger partial charge in [0.25, 0.3) is 0 Å². The van der Waals surface area contributed by atoms with Crippen molar-refractivity contribution < 1.29 is 14.3 Å². The number of carbonyl (C=O) groups is 2. The second-order valence-electron chi connectivity index (χ2n) is 5.40. The standard InChI is InChI=1S/C19H17ClN2O3/c1-4-25-19(24)16-11(2)17(22-12(16)3)18(23)14(10-21)8-13-6-5-7-15(20)9-13/h5-9,22H,4H2,1-3H3/b14-8+. The number of allylic oxidation sites excluding steroid dienone is 1. The van der Waals surface area contributed by atoms with E-state index in [0.29, 0.717) is 27.4 Å². The molecular weight excluding hydrogens is 340 g/mol. The quantitative estimate of drug-likeness (QED) is 0.375. The Balaban J connectivity index is 2.44. The van der Waals surface area contributed by atoms with Crippen LogP contribution >= 0.6 is 11.6 Å². The molecule has 0 bridgehead atoms. The molecule has 0 aliphatic heterocycles. The van der Waals surface area contributed by atoms with Gasteiger partial charge in [-0.3, -0.25) is 4.79 Å². The van der Waals surface area contributed by atoms with E-state index in [-0.39, 0.29) is 17.9 Å². The van der Waals surface area contributed by atoms with Crippen LogP contribution in [-0.2, 0) is 4.74 Å². The molecule has 5 nitrogen and oxygen atoms in total. The molecule has 2 rings (SSSR count). The van der Waals surface area contributed by atoms with E-state index in [2.05, 4.69) is 4.98 Å². The molecule has 0 atom stereocenters. The molecule has 6 heteroatoms. The lowest BCUT2D eigenvalue weighted by Gasteiger charge is -2.03. The first kappa shape index (κ1) is 18.5. The summed E-state index contributed by atoms with van der Waals surface area (Å²) in [5.41, 5.74) is 2.11. The van der Waals surface area contributed by atoms with Crippen LogP contribution in [0.4, 0.5) is 0 Å². The molecule has 128 valence electrons. The van der Waals surface area contributed by atoms with E-state index >= 15 is 0 Å². The molecule has 1 N–H and O–H groups in total. The van der Waals surface area contributed by atoms with Crippen LogP contribution in [0.5, 0.6) is 0 Å². The first-order chi connectivity index (χ1) is 11.9. The number of rotatable bonds is 5. The smallest absolute Gasteiger partial charge is 0.340 e. The molecule has 0 radical (unpaired) electrons. The minimum Gasteiger partial charge on any atom is -0.462 e. The predicted molar refractivity (Wildman–Crippen MR) is 95.6 cm³/mol. The average molecular weight is 357 g/mol. The second kappa shape index (κ2) is 7.82. The Morgan fingerprint density at radius 1 is 1.36 bits per heavy atom. The van der Waals surface area contributed by atoms with Gasteiger partial charge >= 0.3 is 5.97 Å². The SMILES string of the molecule is CCOC(=O)c1c(C)[nH]c(C(=O)/C(C#N)=C/c2cccc(Cl)c2)c1C. The van der Waals surface area contributed by atoms with Crippen molar-refractivity contribution in [2.45, 2.75) is 20.8 Å². The summed E-state index contributed by atoms with van der Waals surface area (Å²) in [6, 6.07) is 8.75. The monoisotopic (exact) mass is 356 g/mol. The number of nitrogens with one attached hydrogen (secondary N) is 1. The number of esters is 1. The summed E-state index contributed by atoms with van der Waals surface area (Å²) < 4.78 is 5.01.